The van der Waals surface area contributed by atoms with Crippen LogP contribution in [0.15, 0.2) is 41.8 Å². The molecule has 1 aromatic rings. The van der Waals surface area contributed by atoms with Crippen LogP contribution in [0.4, 0.5) is 0 Å². The normalized spacial score (nSPS) is 10.5. The highest BCUT2D eigenvalue weighted by atomic mass is 32.2. The molecule has 0 aliphatic rings. The molecule has 2 N–H and O–H groups in total. The first-order valence-corrected chi connectivity index (χ1v) is 7.43. The largest absolute Gasteiger partial charge is 0.352 e. The number of rotatable bonds is 8. The fourth-order valence-electron chi connectivity index (χ4n) is 1.45. The Morgan fingerprint density at radius 3 is 2.95 bits per heavy atom. The second-order valence-corrected chi connectivity index (χ2v) is 5.61. The second kappa shape index (κ2) is 8.77. The number of nitrogens with one attached hydrogen (secondary N) is 2. The molecule has 0 bridgehead atoms. The number of carbonyl (C=O) groups is 1. The average Bonchev–Trinajstić information content (AvgIpc) is 2.41. The lowest BCUT2D eigenvalue weighted by molar-refractivity contribution is -0.118. The molecule has 0 spiro atoms. The van der Waals surface area contributed by atoms with E-state index in [1.54, 1.807) is 17.8 Å². The Kier molecular flexibility index (Phi) is 7.30. The van der Waals surface area contributed by atoms with E-state index in [0.29, 0.717) is 18.3 Å². The van der Waals surface area contributed by atoms with Gasteiger partial charge in [-0.3, -0.25) is 4.79 Å². The molecule has 1 amide bonds. The second-order valence-electron chi connectivity index (χ2n) is 4.56. The first-order chi connectivity index (χ1) is 9.11. The van der Waals surface area contributed by atoms with Crippen molar-refractivity contribution in [3.8, 4) is 0 Å². The summed E-state index contributed by atoms with van der Waals surface area (Å²) in [6, 6.07) is 8.75. The third kappa shape index (κ3) is 7.03. The summed E-state index contributed by atoms with van der Waals surface area (Å²) in [5.74, 6) is 0.477. The van der Waals surface area contributed by atoms with Crippen molar-refractivity contribution in [2.45, 2.75) is 31.3 Å². The highest BCUT2D eigenvalue weighted by Gasteiger charge is 2.02. The van der Waals surface area contributed by atoms with Gasteiger partial charge < -0.3 is 10.6 Å². The Labute approximate surface area is 119 Å². The Hall–Kier alpha value is -1.26. The van der Waals surface area contributed by atoms with Crippen molar-refractivity contribution in [2.24, 2.45) is 0 Å². The summed E-state index contributed by atoms with van der Waals surface area (Å²) in [6.07, 6.45) is 1.68. The molecular formula is C15H22N2OS. The van der Waals surface area contributed by atoms with Crippen LogP contribution in [0.25, 0.3) is 0 Å². The summed E-state index contributed by atoms with van der Waals surface area (Å²) in [5, 5.41) is 6.15. The van der Waals surface area contributed by atoms with E-state index in [1.165, 1.54) is 5.56 Å². The molecule has 0 atom stereocenters. The van der Waals surface area contributed by atoms with Crippen LogP contribution >= 0.6 is 11.8 Å². The van der Waals surface area contributed by atoms with Crippen LogP contribution in [0.3, 0.4) is 0 Å². The highest BCUT2D eigenvalue weighted by molar-refractivity contribution is 8.00. The van der Waals surface area contributed by atoms with Gasteiger partial charge in [-0.25, -0.2) is 0 Å². The lowest BCUT2D eigenvalue weighted by Gasteiger charge is -2.09. The van der Waals surface area contributed by atoms with E-state index in [9.17, 15) is 4.79 Å². The molecule has 0 radical (unpaired) electrons. The molecule has 0 aliphatic heterocycles. The molecule has 0 saturated carbocycles. The van der Waals surface area contributed by atoms with Crippen LogP contribution in [-0.2, 0) is 11.3 Å². The highest BCUT2D eigenvalue weighted by Crippen LogP contribution is 2.18. The summed E-state index contributed by atoms with van der Waals surface area (Å²) in [7, 11) is 0. The zero-order valence-corrected chi connectivity index (χ0v) is 12.4. The van der Waals surface area contributed by atoms with Crippen molar-refractivity contribution in [3.63, 3.8) is 0 Å². The summed E-state index contributed by atoms with van der Waals surface area (Å²) in [6.45, 7) is 9.21. The van der Waals surface area contributed by atoms with Gasteiger partial charge in [0, 0.05) is 24.0 Å². The Morgan fingerprint density at radius 2 is 2.26 bits per heavy atom. The van der Waals surface area contributed by atoms with Gasteiger partial charge in [-0.2, -0.15) is 0 Å². The smallest absolute Gasteiger partial charge is 0.230 e. The molecular weight excluding hydrogens is 256 g/mol. The number of hydrogen-bond donors (Lipinski definition) is 2. The van der Waals surface area contributed by atoms with Crippen LogP contribution in [0, 0.1) is 0 Å². The minimum absolute atomic E-state index is 0.0376. The minimum atomic E-state index is 0.0376. The van der Waals surface area contributed by atoms with E-state index in [-0.39, 0.29) is 5.91 Å². The summed E-state index contributed by atoms with van der Waals surface area (Å²) in [5.41, 5.74) is 1.24. The molecule has 19 heavy (non-hydrogen) atoms. The Balaban J connectivity index is 2.43. The molecule has 0 aliphatic carbocycles. The first-order valence-electron chi connectivity index (χ1n) is 6.44. The molecule has 1 rings (SSSR count). The van der Waals surface area contributed by atoms with Gasteiger partial charge in [-0.15, -0.1) is 18.3 Å². The van der Waals surface area contributed by atoms with Crippen LogP contribution in [0.2, 0.25) is 0 Å². The van der Waals surface area contributed by atoms with Gasteiger partial charge in [0.05, 0.1) is 5.75 Å². The fourth-order valence-corrected chi connectivity index (χ4v) is 2.26. The summed E-state index contributed by atoms with van der Waals surface area (Å²) < 4.78 is 0. The van der Waals surface area contributed by atoms with E-state index in [4.69, 9.17) is 0 Å². The lowest BCUT2D eigenvalue weighted by atomic mass is 10.2. The van der Waals surface area contributed by atoms with Gasteiger partial charge in [0.25, 0.3) is 0 Å². The topological polar surface area (TPSA) is 41.1 Å². The molecule has 0 saturated heterocycles. The van der Waals surface area contributed by atoms with E-state index in [1.807, 2.05) is 12.1 Å². The molecule has 0 aromatic heterocycles. The molecule has 0 unspecified atom stereocenters. The third-order valence-corrected chi connectivity index (χ3v) is 3.42. The van der Waals surface area contributed by atoms with E-state index in [0.717, 1.165) is 11.4 Å². The van der Waals surface area contributed by atoms with Gasteiger partial charge in [-0.1, -0.05) is 32.1 Å². The van der Waals surface area contributed by atoms with Crippen molar-refractivity contribution in [2.75, 3.05) is 12.3 Å². The van der Waals surface area contributed by atoms with Crippen LogP contribution < -0.4 is 10.6 Å². The molecule has 4 heteroatoms. The van der Waals surface area contributed by atoms with Crippen LogP contribution in [0.5, 0.6) is 0 Å². The van der Waals surface area contributed by atoms with Gasteiger partial charge >= 0.3 is 0 Å². The van der Waals surface area contributed by atoms with Crippen LogP contribution in [0.1, 0.15) is 19.4 Å². The maximum Gasteiger partial charge on any atom is 0.230 e. The Bertz CT molecular complexity index is 418. The summed E-state index contributed by atoms with van der Waals surface area (Å²) >= 11 is 1.55. The van der Waals surface area contributed by atoms with Gasteiger partial charge in [-0.05, 0) is 17.7 Å². The van der Waals surface area contributed by atoms with Gasteiger partial charge in [0.1, 0.15) is 0 Å². The molecule has 3 nitrogen and oxygen atoms in total. The van der Waals surface area contributed by atoms with Crippen LogP contribution in [-0.4, -0.2) is 24.2 Å². The first kappa shape index (κ1) is 15.8. The predicted octanol–water partition coefficient (Wildman–Crippen LogP) is 2.58. The predicted molar refractivity (Wildman–Crippen MR) is 82.3 cm³/mol. The quantitative estimate of drug-likeness (QED) is 0.567. The molecule has 1 aromatic carbocycles. The van der Waals surface area contributed by atoms with E-state index in [2.05, 4.69) is 43.2 Å². The van der Waals surface area contributed by atoms with E-state index >= 15 is 0 Å². The van der Waals surface area contributed by atoms with Gasteiger partial charge in [0.15, 0.2) is 0 Å². The average molecular weight is 278 g/mol. The lowest BCUT2D eigenvalue weighted by Crippen LogP contribution is -2.24. The fraction of sp³-hybridized carbons (Fsp3) is 0.400. The van der Waals surface area contributed by atoms with Crippen molar-refractivity contribution in [3.05, 3.63) is 42.5 Å². The SMILES string of the molecule is C=CCNC(=O)CSc1cccc(CNC(C)C)c1. The summed E-state index contributed by atoms with van der Waals surface area (Å²) in [4.78, 5) is 12.6. The number of benzene rings is 1. The Morgan fingerprint density at radius 1 is 1.47 bits per heavy atom. The molecule has 0 heterocycles. The number of hydrogen-bond acceptors (Lipinski definition) is 3. The van der Waals surface area contributed by atoms with Crippen molar-refractivity contribution >= 4 is 17.7 Å². The molecule has 104 valence electrons. The van der Waals surface area contributed by atoms with Crippen molar-refractivity contribution in [1.29, 1.82) is 0 Å². The van der Waals surface area contributed by atoms with Crippen molar-refractivity contribution in [1.82, 2.24) is 10.6 Å². The minimum Gasteiger partial charge on any atom is -0.352 e. The molecule has 0 fully saturated rings. The van der Waals surface area contributed by atoms with Crippen molar-refractivity contribution < 1.29 is 4.79 Å². The number of amides is 1. The number of carbonyl (C=O) groups excluding carboxylic acids is 1. The number of thioether (sulfide) groups is 1. The van der Waals surface area contributed by atoms with Gasteiger partial charge in [0.2, 0.25) is 5.91 Å². The zero-order chi connectivity index (χ0) is 14.1. The maximum absolute atomic E-state index is 11.5. The van der Waals surface area contributed by atoms with E-state index < -0.39 is 0 Å². The standard InChI is InChI=1S/C15H22N2OS/c1-4-8-16-15(18)11-19-14-7-5-6-13(9-14)10-17-12(2)3/h4-7,9,12,17H,1,8,10-11H2,2-3H3,(H,16,18). The monoisotopic (exact) mass is 278 g/mol. The maximum atomic E-state index is 11.5. The third-order valence-electron chi connectivity index (χ3n) is 2.43. The zero-order valence-electron chi connectivity index (χ0n) is 11.6.